The highest BCUT2D eigenvalue weighted by molar-refractivity contribution is 9.10. The maximum atomic E-state index is 10.6. The van der Waals surface area contributed by atoms with Crippen molar-refractivity contribution in [1.29, 1.82) is 0 Å². The van der Waals surface area contributed by atoms with E-state index in [0.717, 1.165) is 27.8 Å². The van der Waals surface area contributed by atoms with E-state index in [2.05, 4.69) is 31.5 Å². The molecule has 1 N–H and O–H groups in total. The number of aliphatic carboxylic acids is 1. The lowest BCUT2D eigenvalue weighted by Crippen LogP contribution is -2.03. The van der Waals surface area contributed by atoms with Crippen LogP contribution in [0, 0.1) is 0 Å². The van der Waals surface area contributed by atoms with Gasteiger partial charge < -0.3 is 9.67 Å². The number of benzene rings is 1. The standard InChI is InChI=1S/C14H15BrN2O2/c15-9-4-7-12-11(8-9)16-13(2-1-3-14(18)19)17(12)10-5-6-10/h4,7-8,10H,1-3,5-6H2,(H,18,19). The van der Waals surface area contributed by atoms with Gasteiger partial charge in [0.1, 0.15) is 5.82 Å². The third-order valence-corrected chi connectivity index (χ3v) is 3.92. The SMILES string of the molecule is O=C(O)CCCc1nc2cc(Br)ccc2n1C1CC1. The first-order valence-electron chi connectivity index (χ1n) is 6.53. The summed E-state index contributed by atoms with van der Waals surface area (Å²) in [6, 6.07) is 6.70. The quantitative estimate of drug-likeness (QED) is 0.916. The van der Waals surface area contributed by atoms with E-state index in [1.807, 2.05) is 12.1 Å². The molecule has 2 aromatic rings. The highest BCUT2D eigenvalue weighted by atomic mass is 79.9. The minimum atomic E-state index is -0.739. The lowest BCUT2D eigenvalue weighted by atomic mass is 10.2. The van der Waals surface area contributed by atoms with Crippen LogP contribution in [0.3, 0.4) is 0 Å². The first-order valence-corrected chi connectivity index (χ1v) is 7.32. The average molecular weight is 323 g/mol. The Morgan fingerprint density at radius 2 is 2.26 bits per heavy atom. The normalized spacial score (nSPS) is 15.0. The summed E-state index contributed by atoms with van der Waals surface area (Å²) < 4.78 is 3.32. The summed E-state index contributed by atoms with van der Waals surface area (Å²) in [5.74, 6) is 0.286. The third-order valence-electron chi connectivity index (χ3n) is 3.43. The molecular weight excluding hydrogens is 308 g/mol. The number of fused-ring (bicyclic) bond motifs is 1. The molecule has 3 rings (SSSR count). The Labute approximate surface area is 119 Å². The second-order valence-electron chi connectivity index (χ2n) is 5.01. The Morgan fingerprint density at radius 3 is 2.95 bits per heavy atom. The number of hydrogen-bond donors (Lipinski definition) is 1. The van der Waals surface area contributed by atoms with Gasteiger partial charge in [-0.15, -0.1) is 0 Å². The first-order chi connectivity index (χ1) is 9.15. The Balaban J connectivity index is 1.93. The number of aryl methyl sites for hydroxylation is 1. The molecule has 0 spiro atoms. The molecule has 0 bridgehead atoms. The summed E-state index contributed by atoms with van der Waals surface area (Å²) in [6.45, 7) is 0. The molecule has 5 heteroatoms. The fraction of sp³-hybridized carbons (Fsp3) is 0.429. The topological polar surface area (TPSA) is 55.1 Å². The molecule has 1 saturated carbocycles. The summed E-state index contributed by atoms with van der Waals surface area (Å²) in [4.78, 5) is 15.3. The molecule has 1 fully saturated rings. The van der Waals surface area contributed by atoms with Gasteiger partial charge in [-0.1, -0.05) is 15.9 Å². The van der Waals surface area contributed by atoms with Crippen LogP contribution in [-0.4, -0.2) is 20.6 Å². The van der Waals surface area contributed by atoms with Crippen molar-refractivity contribution in [3.8, 4) is 0 Å². The number of carbonyl (C=O) groups is 1. The minimum Gasteiger partial charge on any atom is -0.481 e. The largest absolute Gasteiger partial charge is 0.481 e. The van der Waals surface area contributed by atoms with Crippen molar-refractivity contribution < 1.29 is 9.90 Å². The number of carboxylic acids is 1. The molecular formula is C14H15BrN2O2. The molecule has 1 aliphatic rings. The average Bonchev–Trinajstić information content (AvgIpc) is 3.11. The van der Waals surface area contributed by atoms with Crippen molar-refractivity contribution in [3.63, 3.8) is 0 Å². The van der Waals surface area contributed by atoms with Crippen molar-refractivity contribution in [2.24, 2.45) is 0 Å². The molecule has 1 aliphatic carbocycles. The van der Waals surface area contributed by atoms with E-state index in [1.165, 1.54) is 12.8 Å². The molecule has 1 aromatic carbocycles. The van der Waals surface area contributed by atoms with E-state index < -0.39 is 5.97 Å². The Kier molecular flexibility index (Phi) is 3.31. The molecule has 0 saturated heterocycles. The lowest BCUT2D eigenvalue weighted by molar-refractivity contribution is -0.137. The summed E-state index contributed by atoms with van der Waals surface area (Å²) in [5.41, 5.74) is 2.16. The number of hydrogen-bond acceptors (Lipinski definition) is 2. The molecule has 4 nitrogen and oxygen atoms in total. The second-order valence-corrected chi connectivity index (χ2v) is 5.93. The van der Waals surface area contributed by atoms with Crippen molar-refractivity contribution in [1.82, 2.24) is 9.55 Å². The van der Waals surface area contributed by atoms with E-state index >= 15 is 0 Å². The summed E-state index contributed by atoms with van der Waals surface area (Å²) in [6.07, 6.45) is 3.99. The van der Waals surface area contributed by atoms with Crippen molar-refractivity contribution in [2.45, 2.75) is 38.1 Å². The van der Waals surface area contributed by atoms with Crippen molar-refractivity contribution >= 4 is 32.9 Å². The lowest BCUT2D eigenvalue weighted by Gasteiger charge is -2.06. The summed E-state index contributed by atoms with van der Waals surface area (Å²) >= 11 is 3.46. The predicted octanol–water partition coefficient (Wildman–Crippen LogP) is 3.54. The number of nitrogens with zero attached hydrogens (tertiary/aromatic N) is 2. The van der Waals surface area contributed by atoms with Gasteiger partial charge in [-0.05, 0) is 37.5 Å². The van der Waals surface area contributed by atoms with Gasteiger partial charge in [0.2, 0.25) is 0 Å². The molecule has 0 atom stereocenters. The summed E-state index contributed by atoms with van der Waals surface area (Å²) in [7, 11) is 0. The first kappa shape index (κ1) is 12.7. The van der Waals surface area contributed by atoms with E-state index in [9.17, 15) is 4.79 Å². The molecule has 100 valence electrons. The Morgan fingerprint density at radius 1 is 1.47 bits per heavy atom. The van der Waals surface area contributed by atoms with Crippen LogP contribution in [0.4, 0.5) is 0 Å². The molecule has 0 aliphatic heterocycles. The zero-order valence-electron chi connectivity index (χ0n) is 10.5. The van der Waals surface area contributed by atoms with Crippen LogP contribution >= 0.6 is 15.9 Å². The zero-order valence-corrected chi connectivity index (χ0v) is 12.1. The van der Waals surface area contributed by atoms with Gasteiger partial charge in [-0.25, -0.2) is 4.98 Å². The highest BCUT2D eigenvalue weighted by Gasteiger charge is 2.27. The zero-order chi connectivity index (χ0) is 13.4. The second kappa shape index (κ2) is 4.96. The van der Waals surface area contributed by atoms with E-state index in [1.54, 1.807) is 0 Å². The number of rotatable bonds is 5. The number of aromatic nitrogens is 2. The van der Waals surface area contributed by atoms with Crippen LogP contribution in [0.1, 0.15) is 37.5 Å². The van der Waals surface area contributed by atoms with Gasteiger partial charge in [-0.3, -0.25) is 4.79 Å². The van der Waals surface area contributed by atoms with E-state index in [4.69, 9.17) is 5.11 Å². The van der Waals surface area contributed by atoms with Crippen LogP contribution in [0.25, 0.3) is 11.0 Å². The highest BCUT2D eigenvalue weighted by Crippen LogP contribution is 2.39. The maximum Gasteiger partial charge on any atom is 0.303 e. The van der Waals surface area contributed by atoms with Crippen molar-refractivity contribution in [2.75, 3.05) is 0 Å². The van der Waals surface area contributed by atoms with Gasteiger partial charge in [0.05, 0.1) is 11.0 Å². The number of halogens is 1. The maximum absolute atomic E-state index is 10.6. The molecule has 0 radical (unpaired) electrons. The van der Waals surface area contributed by atoms with E-state index in [-0.39, 0.29) is 6.42 Å². The Bertz CT molecular complexity index is 632. The summed E-state index contributed by atoms with van der Waals surface area (Å²) in [5, 5.41) is 8.73. The monoisotopic (exact) mass is 322 g/mol. The molecule has 0 unspecified atom stereocenters. The molecule has 1 aromatic heterocycles. The van der Waals surface area contributed by atoms with E-state index in [0.29, 0.717) is 12.5 Å². The third kappa shape index (κ3) is 2.66. The van der Waals surface area contributed by atoms with Crippen LogP contribution < -0.4 is 0 Å². The molecule has 1 heterocycles. The van der Waals surface area contributed by atoms with Gasteiger partial charge in [-0.2, -0.15) is 0 Å². The van der Waals surface area contributed by atoms with Crippen molar-refractivity contribution in [3.05, 3.63) is 28.5 Å². The minimum absolute atomic E-state index is 0.206. The van der Waals surface area contributed by atoms with Gasteiger partial charge in [0, 0.05) is 23.4 Å². The predicted molar refractivity (Wildman–Crippen MR) is 76.3 cm³/mol. The molecule has 0 amide bonds. The molecule has 19 heavy (non-hydrogen) atoms. The van der Waals surface area contributed by atoms with Crippen LogP contribution in [0.15, 0.2) is 22.7 Å². The number of imidazole rings is 1. The van der Waals surface area contributed by atoms with Gasteiger partial charge >= 0.3 is 5.97 Å². The number of carboxylic acid groups (broad SMARTS) is 1. The van der Waals surface area contributed by atoms with Gasteiger partial charge in [0.15, 0.2) is 0 Å². The van der Waals surface area contributed by atoms with Crippen LogP contribution in [0.5, 0.6) is 0 Å². The fourth-order valence-corrected chi connectivity index (χ4v) is 2.79. The van der Waals surface area contributed by atoms with Gasteiger partial charge in [0.25, 0.3) is 0 Å². The van der Waals surface area contributed by atoms with Crippen LogP contribution in [0.2, 0.25) is 0 Å². The fourth-order valence-electron chi connectivity index (χ4n) is 2.44. The Hall–Kier alpha value is -1.36. The smallest absolute Gasteiger partial charge is 0.303 e. The van der Waals surface area contributed by atoms with Crippen LogP contribution in [-0.2, 0) is 11.2 Å².